The van der Waals surface area contributed by atoms with Gasteiger partial charge in [-0.05, 0) is 24.8 Å². The van der Waals surface area contributed by atoms with Crippen LogP contribution in [0.25, 0.3) is 0 Å². The molecule has 0 aliphatic rings. The van der Waals surface area contributed by atoms with E-state index in [1.165, 1.54) is 0 Å². The number of rotatable bonds is 0. The van der Waals surface area contributed by atoms with Crippen molar-refractivity contribution in [3.63, 3.8) is 0 Å². The second-order valence-corrected chi connectivity index (χ2v) is 1.94. The molecule has 1 rings (SSSR count). The van der Waals surface area contributed by atoms with E-state index in [2.05, 4.69) is 12.6 Å². The van der Waals surface area contributed by atoms with Crippen LogP contribution in [0.2, 0.25) is 0 Å². The third-order valence-corrected chi connectivity index (χ3v) is 1.11. The summed E-state index contributed by atoms with van der Waals surface area (Å²) in [5.41, 5.74) is 0. The monoisotopic (exact) mass is 152 g/mol. The summed E-state index contributed by atoms with van der Waals surface area (Å²) < 4.78 is 0. The smallest absolute Gasteiger partial charge is 0.150 e. The molecule has 0 bridgehead atoms. The van der Waals surface area contributed by atoms with E-state index in [1.54, 1.807) is 0 Å². The van der Waals surface area contributed by atoms with Crippen molar-refractivity contribution in [2.75, 3.05) is 0 Å². The molecule has 0 fully saturated rings. The van der Waals surface area contributed by atoms with E-state index in [0.717, 1.165) is 4.90 Å². The van der Waals surface area contributed by atoms with Gasteiger partial charge < -0.3 is 5.48 Å². The fourth-order valence-electron chi connectivity index (χ4n) is 0.438. The Bertz CT molecular complexity index is 143. The Morgan fingerprint density at radius 1 is 1.00 bits per heavy atom. The zero-order valence-corrected chi connectivity index (χ0v) is 7.46. The zero-order valence-electron chi connectivity index (χ0n) is 5.04. The summed E-state index contributed by atoms with van der Waals surface area (Å²) >= 11 is 3.36. The fraction of sp³-hybridized carbons (Fsp3) is 0. The summed E-state index contributed by atoms with van der Waals surface area (Å²) in [6.45, 7) is 0. The summed E-state index contributed by atoms with van der Waals surface area (Å²) in [5, 5.41) is 0. The molecule has 0 amide bonds. The third-order valence-electron chi connectivity index (χ3n) is 0.774. The molecule has 0 atom stereocenters. The second-order valence-electron chi connectivity index (χ2n) is 1.37. The molecule has 1 aromatic carbocycles. The Balaban J connectivity index is 0. The first kappa shape index (κ1) is 12.0. The molecule has 0 saturated carbocycles. The van der Waals surface area contributed by atoms with Crippen molar-refractivity contribution in [2.24, 2.45) is 0 Å². The van der Waals surface area contributed by atoms with Gasteiger partial charge in [-0.2, -0.15) is 0 Å². The molecular formula is C6H8MgOS. The zero-order chi connectivity index (χ0) is 5.11. The van der Waals surface area contributed by atoms with Crippen LogP contribution in [0.1, 0.15) is 0 Å². The lowest BCUT2D eigenvalue weighted by Gasteiger charge is -1.75. The normalized spacial score (nSPS) is 6.78. The molecule has 46 valence electrons. The summed E-state index contributed by atoms with van der Waals surface area (Å²) in [7, 11) is 0. The lowest BCUT2D eigenvalue weighted by atomic mass is 10.4. The maximum absolute atomic E-state index is 3.36. The van der Waals surface area contributed by atoms with E-state index in [4.69, 9.17) is 0 Å². The maximum atomic E-state index is 3.36. The number of benzene rings is 1. The lowest BCUT2D eigenvalue weighted by Crippen LogP contribution is -1.62. The van der Waals surface area contributed by atoms with Crippen LogP contribution in [0, 0.1) is 0 Å². The average Bonchev–Trinajstić information content (AvgIpc) is 1.69. The van der Waals surface area contributed by atoms with Gasteiger partial charge in [0.25, 0.3) is 0 Å². The first-order valence-electron chi connectivity index (χ1n) is 2.16. The second kappa shape index (κ2) is 6.42. The Labute approximate surface area is 76.3 Å². The van der Waals surface area contributed by atoms with E-state index >= 15 is 0 Å². The van der Waals surface area contributed by atoms with Crippen LogP contribution >= 0.6 is 0 Å². The van der Waals surface area contributed by atoms with Gasteiger partial charge >= 0.3 is 0 Å². The highest BCUT2D eigenvalue weighted by Crippen LogP contribution is 1.92. The van der Waals surface area contributed by atoms with E-state index < -0.39 is 0 Å². The Hall–Kier alpha value is 0.296. The van der Waals surface area contributed by atoms with Crippen molar-refractivity contribution in [1.29, 1.82) is 0 Å². The van der Waals surface area contributed by atoms with Crippen molar-refractivity contribution >= 4 is 35.7 Å². The first-order valence-corrected chi connectivity index (χ1v) is 2.66. The van der Waals surface area contributed by atoms with Crippen LogP contribution < -0.4 is 0 Å². The highest BCUT2D eigenvalue weighted by Gasteiger charge is 1.80. The molecule has 0 unspecified atom stereocenters. The summed E-state index contributed by atoms with van der Waals surface area (Å²) in [6, 6.07) is 9.96. The van der Waals surface area contributed by atoms with E-state index in [-0.39, 0.29) is 28.5 Å². The van der Waals surface area contributed by atoms with Gasteiger partial charge in [0, 0.05) is 23.1 Å². The minimum Gasteiger partial charge on any atom is -0.870 e. The van der Waals surface area contributed by atoms with Crippen LogP contribution in [0.3, 0.4) is 0 Å². The molecule has 0 spiro atoms. The lowest BCUT2D eigenvalue weighted by molar-refractivity contribution is 0.824. The SMILES string of the molecule is [Mg].[OH-].[SH2+]c1ccccc1. The quantitative estimate of drug-likeness (QED) is 0.393. The number of hydrogen-bond donors (Lipinski definition) is 0. The van der Waals surface area contributed by atoms with Crippen molar-refractivity contribution in [3.05, 3.63) is 30.3 Å². The van der Waals surface area contributed by atoms with Crippen molar-refractivity contribution in [2.45, 2.75) is 4.90 Å². The van der Waals surface area contributed by atoms with Gasteiger partial charge in [0.05, 0.1) is 0 Å². The molecular weight excluding hydrogens is 144 g/mol. The molecule has 0 heterocycles. The number of hydrogen-bond acceptors (Lipinski definition) is 1. The molecule has 0 saturated heterocycles. The minimum atomic E-state index is 0. The van der Waals surface area contributed by atoms with Gasteiger partial charge in [-0.1, -0.05) is 18.2 Å². The average molecular weight is 153 g/mol. The van der Waals surface area contributed by atoms with Gasteiger partial charge in [0.2, 0.25) is 0 Å². The molecule has 3 heteroatoms. The molecule has 1 N–H and O–H groups in total. The standard InChI is InChI=1S/C6H6S.Mg.H2O/c7-6-4-2-1-3-5-6;;/h1-5,7H;;1H2. The molecule has 9 heavy (non-hydrogen) atoms. The predicted octanol–water partition coefficient (Wildman–Crippen LogP) is 0.499. The molecule has 2 radical (unpaired) electrons. The first-order chi connectivity index (χ1) is 3.39. The van der Waals surface area contributed by atoms with Gasteiger partial charge in [0.1, 0.15) is 4.90 Å². The van der Waals surface area contributed by atoms with Crippen LogP contribution in [-0.4, -0.2) is 28.5 Å². The highest BCUT2D eigenvalue weighted by molar-refractivity contribution is 7.58. The van der Waals surface area contributed by atoms with Gasteiger partial charge in [-0.15, -0.1) is 0 Å². The van der Waals surface area contributed by atoms with Gasteiger partial charge in [0.15, 0.2) is 0 Å². The Morgan fingerprint density at radius 2 is 1.44 bits per heavy atom. The van der Waals surface area contributed by atoms with Crippen molar-refractivity contribution in [3.8, 4) is 0 Å². The van der Waals surface area contributed by atoms with Crippen LogP contribution in [0.15, 0.2) is 35.2 Å². The summed E-state index contributed by atoms with van der Waals surface area (Å²) in [5.74, 6) is 0. The van der Waals surface area contributed by atoms with Crippen LogP contribution in [0.4, 0.5) is 0 Å². The largest absolute Gasteiger partial charge is 0.870 e. The Morgan fingerprint density at radius 3 is 1.67 bits per heavy atom. The summed E-state index contributed by atoms with van der Waals surface area (Å²) in [4.78, 5) is 1.13. The minimum absolute atomic E-state index is 0. The van der Waals surface area contributed by atoms with E-state index in [0.29, 0.717) is 0 Å². The molecule has 1 nitrogen and oxygen atoms in total. The Kier molecular flexibility index (Phi) is 8.57. The molecule has 0 aliphatic carbocycles. The topological polar surface area (TPSA) is 30.0 Å². The van der Waals surface area contributed by atoms with E-state index in [1.807, 2.05) is 30.3 Å². The molecule has 1 aromatic rings. The van der Waals surface area contributed by atoms with Crippen LogP contribution in [0.5, 0.6) is 0 Å². The van der Waals surface area contributed by atoms with Crippen molar-refractivity contribution in [1.82, 2.24) is 0 Å². The van der Waals surface area contributed by atoms with Crippen LogP contribution in [-0.2, 0) is 12.6 Å². The maximum Gasteiger partial charge on any atom is 0.150 e. The van der Waals surface area contributed by atoms with E-state index in [9.17, 15) is 0 Å². The van der Waals surface area contributed by atoms with Gasteiger partial charge in [-0.25, -0.2) is 0 Å². The van der Waals surface area contributed by atoms with Crippen molar-refractivity contribution < 1.29 is 5.48 Å². The third kappa shape index (κ3) is 4.78. The highest BCUT2D eigenvalue weighted by atomic mass is 32.1. The fourth-order valence-corrected chi connectivity index (χ4v) is 0.631. The summed E-state index contributed by atoms with van der Waals surface area (Å²) in [6.07, 6.45) is 0. The molecule has 0 aromatic heterocycles. The van der Waals surface area contributed by atoms with Gasteiger partial charge in [-0.3, -0.25) is 0 Å². The molecule has 0 aliphatic heterocycles. The predicted molar refractivity (Wildman–Crippen MR) is 42.6 cm³/mol.